The van der Waals surface area contributed by atoms with E-state index in [-0.39, 0.29) is 36.5 Å². The molecule has 6 rings (SSSR count). The van der Waals surface area contributed by atoms with Crippen LogP contribution in [0.3, 0.4) is 0 Å². The van der Waals surface area contributed by atoms with Gasteiger partial charge in [-0.05, 0) is 30.5 Å². The van der Waals surface area contributed by atoms with E-state index in [1.165, 1.54) is 56.9 Å². The third-order valence-electron chi connectivity index (χ3n) is 9.13. The van der Waals surface area contributed by atoms with Gasteiger partial charge in [-0.1, -0.05) is 50.7 Å². The van der Waals surface area contributed by atoms with E-state index in [1.807, 2.05) is 24.5 Å². The van der Waals surface area contributed by atoms with E-state index in [0.717, 1.165) is 12.2 Å². The molecule has 3 aliphatic heterocycles. The van der Waals surface area contributed by atoms with E-state index in [1.54, 1.807) is 9.80 Å². The first kappa shape index (κ1) is 25.4. The third kappa shape index (κ3) is 4.71. The van der Waals surface area contributed by atoms with E-state index >= 15 is 0 Å². The number of aromatic nitrogens is 2. The predicted octanol–water partition coefficient (Wildman–Crippen LogP) is 2.89. The smallest absolute Gasteiger partial charge is 0.259 e. The molecule has 3 fully saturated rings. The molecule has 9 nitrogen and oxygen atoms in total. The highest BCUT2D eigenvalue weighted by atomic mass is 16.5. The normalized spacial score (nSPS) is 24.8. The largest absolute Gasteiger partial charge is 0.376 e. The van der Waals surface area contributed by atoms with Crippen LogP contribution in [-0.4, -0.2) is 81.4 Å². The van der Waals surface area contributed by atoms with Gasteiger partial charge in [0.15, 0.2) is 5.60 Å². The van der Waals surface area contributed by atoms with E-state index in [2.05, 4.69) is 27.2 Å². The Labute approximate surface area is 224 Å². The van der Waals surface area contributed by atoms with Crippen molar-refractivity contribution < 1.29 is 19.4 Å². The first-order chi connectivity index (χ1) is 18.5. The number of hydrogen-bond acceptors (Lipinski definition) is 6. The molecule has 1 aromatic heterocycles. The summed E-state index contributed by atoms with van der Waals surface area (Å²) in [5, 5.41) is 10.3. The highest BCUT2D eigenvalue weighted by Gasteiger charge is 2.47. The molecule has 9 heteroatoms. The van der Waals surface area contributed by atoms with Crippen molar-refractivity contribution >= 4 is 11.8 Å². The molecular formula is C29H39N5O4. The van der Waals surface area contributed by atoms with Crippen LogP contribution < -0.4 is 5.43 Å². The van der Waals surface area contributed by atoms with Crippen molar-refractivity contribution in [3.05, 3.63) is 53.6 Å². The Hall–Kier alpha value is -2.91. The summed E-state index contributed by atoms with van der Waals surface area (Å²) in [5.41, 5.74) is 4.38. The number of piperazine rings is 1. The van der Waals surface area contributed by atoms with Crippen LogP contribution in [0.15, 0.2) is 36.7 Å². The van der Waals surface area contributed by atoms with Gasteiger partial charge in [0.25, 0.3) is 11.8 Å². The molecule has 1 aliphatic carbocycles. The average Bonchev–Trinajstić information content (AvgIpc) is 3.42. The van der Waals surface area contributed by atoms with Crippen LogP contribution in [0.1, 0.15) is 79.2 Å². The number of carbonyl (C=O) groups excluding carboxylic acids is 2. The summed E-state index contributed by atoms with van der Waals surface area (Å²) in [7, 11) is 0. The van der Waals surface area contributed by atoms with Crippen LogP contribution in [0.4, 0.5) is 0 Å². The van der Waals surface area contributed by atoms with Crippen molar-refractivity contribution in [3.63, 3.8) is 0 Å². The van der Waals surface area contributed by atoms with Gasteiger partial charge < -0.3 is 25.1 Å². The average molecular weight is 522 g/mol. The van der Waals surface area contributed by atoms with Crippen LogP contribution in [0.2, 0.25) is 0 Å². The van der Waals surface area contributed by atoms with Gasteiger partial charge in [-0.25, -0.2) is 4.98 Å². The number of ether oxygens (including phenoxy) is 1. The third-order valence-corrected chi connectivity index (χ3v) is 9.13. The lowest BCUT2D eigenvalue weighted by Gasteiger charge is -2.46. The van der Waals surface area contributed by atoms with Gasteiger partial charge in [0.1, 0.15) is 5.82 Å². The zero-order valence-corrected chi connectivity index (χ0v) is 22.1. The number of hydrogen-bond donors (Lipinski definition) is 2. The maximum absolute atomic E-state index is 13.3. The number of nitrogens with zero attached hydrogens (tertiary/aromatic N) is 4. The van der Waals surface area contributed by atoms with Crippen LogP contribution in [0, 0.1) is 5.41 Å². The Kier molecular flexibility index (Phi) is 6.90. The molecule has 1 aromatic carbocycles. The van der Waals surface area contributed by atoms with E-state index < -0.39 is 5.60 Å². The van der Waals surface area contributed by atoms with Crippen molar-refractivity contribution in [3.8, 4) is 0 Å². The van der Waals surface area contributed by atoms with E-state index in [4.69, 9.17) is 4.74 Å². The topological polar surface area (TPSA) is 99.9 Å². The fourth-order valence-electron chi connectivity index (χ4n) is 6.78. The maximum Gasteiger partial charge on any atom is 0.259 e. The molecule has 0 bridgehead atoms. The number of carbonyl (C=O) groups is 2. The summed E-state index contributed by atoms with van der Waals surface area (Å²) in [6, 6.07) is 8.32. The highest BCUT2D eigenvalue weighted by Crippen LogP contribution is 2.49. The Morgan fingerprint density at radius 2 is 1.55 bits per heavy atom. The van der Waals surface area contributed by atoms with Gasteiger partial charge in [-0.15, -0.1) is 0 Å². The van der Waals surface area contributed by atoms with Crippen molar-refractivity contribution in [2.45, 2.75) is 69.4 Å². The molecule has 2 amide bonds. The van der Waals surface area contributed by atoms with Gasteiger partial charge >= 0.3 is 0 Å². The predicted molar refractivity (Wildman–Crippen MR) is 142 cm³/mol. The molecule has 38 heavy (non-hydrogen) atoms. The molecule has 4 heterocycles. The summed E-state index contributed by atoms with van der Waals surface area (Å²) < 4.78 is 7.09. The summed E-state index contributed by atoms with van der Waals surface area (Å²) >= 11 is 0. The van der Waals surface area contributed by atoms with Gasteiger partial charge in [-0.2, -0.15) is 0 Å². The fraction of sp³-hybridized carbons (Fsp3) is 0.621. The van der Waals surface area contributed by atoms with Gasteiger partial charge in [0, 0.05) is 56.0 Å². The van der Waals surface area contributed by atoms with Crippen LogP contribution >= 0.6 is 0 Å². The number of nitrogens with one attached hydrogen (secondary N) is 1. The lowest BCUT2D eigenvalue weighted by atomic mass is 9.67. The molecule has 204 valence electrons. The van der Waals surface area contributed by atoms with Crippen LogP contribution in [0.25, 0.3) is 0 Å². The first-order valence-corrected chi connectivity index (χ1v) is 14.3. The molecule has 2 aromatic rings. The molecule has 0 radical (unpaired) electrons. The van der Waals surface area contributed by atoms with Crippen LogP contribution in [0.5, 0.6) is 0 Å². The van der Waals surface area contributed by atoms with Crippen molar-refractivity contribution in [1.82, 2.24) is 19.5 Å². The quantitative estimate of drug-likeness (QED) is 0.645. The highest BCUT2D eigenvalue weighted by molar-refractivity contribution is 5.94. The zero-order valence-electron chi connectivity index (χ0n) is 22.1. The molecule has 1 atom stereocenters. The summed E-state index contributed by atoms with van der Waals surface area (Å²) in [5.74, 6) is 0.807. The molecular weight excluding hydrogens is 482 g/mol. The Balaban J connectivity index is 1.16. The van der Waals surface area contributed by atoms with Gasteiger partial charge in [0.2, 0.25) is 0 Å². The molecule has 1 saturated carbocycles. The first-order valence-electron chi connectivity index (χ1n) is 14.3. The number of rotatable bonds is 3. The van der Waals surface area contributed by atoms with E-state index in [0.29, 0.717) is 31.7 Å². The summed E-state index contributed by atoms with van der Waals surface area (Å²) in [6.45, 7) is 1.87. The minimum atomic E-state index is -1.39. The zero-order chi connectivity index (χ0) is 26.2. The maximum atomic E-state index is 13.3. The second-order valence-corrected chi connectivity index (χ2v) is 11.7. The minimum absolute atomic E-state index is 0.0139. The second-order valence-electron chi connectivity index (χ2n) is 11.7. The van der Waals surface area contributed by atoms with Gasteiger partial charge in [-0.3, -0.25) is 14.3 Å². The number of amides is 2. The summed E-state index contributed by atoms with van der Waals surface area (Å²) in [4.78, 5) is 34.0. The second kappa shape index (κ2) is 10.3. The molecule has 2 saturated heterocycles. The lowest BCUT2D eigenvalue weighted by Crippen LogP contribution is -2.64. The summed E-state index contributed by atoms with van der Waals surface area (Å²) in [6.07, 6.45) is 15.0. The van der Waals surface area contributed by atoms with E-state index in [9.17, 15) is 14.7 Å². The SMILES string of the molecule is O=C(c1ccc(C2Nn3ccnc3CC23CCCCCCCC3)cc1)N1CCN(C(=O)C2(O)COC2)CC1. The van der Waals surface area contributed by atoms with Crippen molar-refractivity contribution in [1.29, 1.82) is 0 Å². The number of fused-ring (bicyclic) bond motifs is 1. The molecule has 4 aliphatic rings. The van der Waals surface area contributed by atoms with Crippen molar-refractivity contribution in [2.24, 2.45) is 5.41 Å². The molecule has 1 spiro atoms. The fourth-order valence-corrected chi connectivity index (χ4v) is 6.78. The standard InChI is InChI=1S/C29H39N5O4/c35-26(32-15-17-33(18-16-32)27(36)29(37)20-38-21-29)23-9-7-22(8-10-23)25-28(11-5-3-1-2-4-6-12-28)19-24-30-13-14-34(24)31-25/h7-10,13-14,25,31,37H,1-6,11-12,15-21H2. The number of aliphatic hydroxyl groups is 1. The number of benzene rings is 1. The Morgan fingerprint density at radius 3 is 2.18 bits per heavy atom. The van der Waals surface area contributed by atoms with Crippen molar-refractivity contribution in [2.75, 3.05) is 44.8 Å². The molecule has 1 unspecified atom stereocenters. The monoisotopic (exact) mass is 521 g/mol. The molecule has 2 N–H and O–H groups in total. The van der Waals surface area contributed by atoms with Crippen LogP contribution in [-0.2, 0) is 16.0 Å². The number of imidazole rings is 1. The Morgan fingerprint density at radius 1 is 0.921 bits per heavy atom. The lowest BCUT2D eigenvalue weighted by molar-refractivity contribution is -0.201. The minimum Gasteiger partial charge on any atom is -0.376 e. The van der Waals surface area contributed by atoms with Gasteiger partial charge in [0.05, 0.1) is 19.3 Å². The Bertz CT molecular complexity index is 1140.